The number of hydrogen-bond acceptors (Lipinski definition) is 7. The highest BCUT2D eigenvalue weighted by Gasteiger charge is 2.33. The Morgan fingerprint density at radius 2 is 1.79 bits per heavy atom. The summed E-state index contributed by atoms with van der Waals surface area (Å²) < 4.78 is 44.2. The lowest BCUT2D eigenvalue weighted by molar-refractivity contribution is 0.265. The first kappa shape index (κ1) is 23.3. The number of methoxy groups -OCH3 is 2. The molecule has 0 spiro atoms. The van der Waals surface area contributed by atoms with Gasteiger partial charge in [0, 0.05) is 18.7 Å². The van der Waals surface area contributed by atoms with Crippen molar-refractivity contribution in [1.82, 2.24) is 14.4 Å². The lowest BCUT2D eigenvalue weighted by Crippen LogP contribution is -2.39. The van der Waals surface area contributed by atoms with Gasteiger partial charge in [-0.05, 0) is 54.7 Å². The van der Waals surface area contributed by atoms with Crippen LogP contribution >= 0.6 is 0 Å². The number of rotatable bonds is 7. The molecule has 1 aromatic heterocycles. The van der Waals surface area contributed by atoms with Crippen LogP contribution in [0.25, 0.3) is 11.4 Å². The Balaban J connectivity index is 1.53. The van der Waals surface area contributed by atoms with E-state index in [2.05, 4.69) is 24.0 Å². The second-order valence-corrected chi connectivity index (χ2v) is 10.4. The minimum absolute atomic E-state index is 0.162. The van der Waals surface area contributed by atoms with Crippen molar-refractivity contribution in [2.75, 3.05) is 27.3 Å². The van der Waals surface area contributed by atoms with Crippen molar-refractivity contribution in [3.05, 3.63) is 53.9 Å². The van der Waals surface area contributed by atoms with Gasteiger partial charge in [-0.3, -0.25) is 0 Å². The standard InChI is InChI=1S/C24H29N3O5S/c1-16(2)17-7-10-20(11-8-17)33(28,29)27-13-5-6-19(15-27)24-25-23(26-32-24)18-9-12-21(30-3)22(14-18)31-4/h7-12,14,16,19H,5-6,13,15H2,1-4H3. The number of ether oxygens (including phenoxy) is 2. The van der Waals surface area contributed by atoms with Crippen LogP contribution in [0.5, 0.6) is 11.5 Å². The normalized spacial score (nSPS) is 17.3. The highest BCUT2D eigenvalue weighted by molar-refractivity contribution is 7.89. The molecule has 2 heterocycles. The monoisotopic (exact) mass is 471 g/mol. The molecule has 8 nitrogen and oxygen atoms in total. The van der Waals surface area contributed by atoms with Crippen molar-refractivity contribution in [3.8, 4) is 22.9 Å². The molecule has 1 fully saturated rings. The molecule has 0 N–H and O–H groups in total. The van der Waals surface area contributed by atoms with Gasteiger partial charge in [0.15, 0.2) is 11.5 Å². The second kappa shape index (κ2) is 9.52. The van der Waals surface area contributed by atoms with Gasteiger partial charge < -0.3 is 14.0 Å². The summed E-state index contributed by atoms with van der Waals surface area (Å²) in [7, 11) is -0.453. The fourth-order valence-electron chi connectivity index (χ4n) is 4.03. The van der Waals surface area contributed by atoms with E-state index < -0.39 is 10.0 Å². The minimum atomic E-state index is -3.59. The Kier molecular flexibility index (Phi) is 6.71. The van der Waals surface area contributed by atoms with Gasteiger partial charge in [0.1, 0.15) is 0 Å². The second-order valence-electron chi connectivity index (χ2n) is 8.45. The van der Waals surface area contributed by atoms with Gasteiger partial charge in [0.2, 0.25) is 21.7 Å². The molecule has 3 aromatic rings. The maximum atomic E-state index is 13.2. The van der Waals surface area contributed by atoms with Crippen molar-refractivity contribution in [2.24, 2.45) is 0 Å². The first-order valence-corrected chi connectivity index (χ1v) is 12.4. The van der Waals surface area contributed by atoms with E-state index in [1.165, 1.54) is 4.31 Å². The molecule has 1 aliphatic rings. The smallest absolute Gasteiger partial charge is 0.243 e. The molecule has 176 valence electrons. The average molecular weight is 472 g/mol. The fraction of sp³-hybridized carbons (Fsp3) is 0.417. The van der Waals surface area contributed by atoms with Crippen molar-refractivity contribution in [3.63, 3.8) is 0 Å². The SMILES string of the molecule is COc1ccc(-c2noc(C3CCCN(S(=O)(=O)c4ccc(C(C)C)cc4)C3)n2)cc1OC. The van der Waals surface area contributed by atoms with Gasteiger partial charge >= 0.3 is 0 Å². The van der Waals surface area contributed by atoms with E-state index in [9.17, 15) is 8.42 Å². The van der Waals surface area contributed by atoms with Gasteiger partial charge in [-0.25, -0.2) is 8.42 Å². The molecule has 33 heavy (non-hydrogen) atoms. The van der Waals surface area contributed by atoms with Crippen molar-refractivity contribution in [1.29, 1.82) is 0 Å². The molecule has 2 aromatic carbocycles. The summed E-state index contributed by atoms with van der Waals surface area (Å²) in [5, 5.41) is 4.11. The van der Waals surface area contributed by atoms with E-state index in [0.29, 0.717) is 47.1 Å². The third-order valence-electron chi connectivity index (χ3n) is 6.00. The zero-order valence-electron chi connectivity index (χ0n) is 19.3. The van der Waals surface area contributed by atoms with Gasteiger partial charge in [-0.1, -0.05) is 31.1 Å². The molecule has 0 saturated carbocycles. The number of sulfonamides is 1. The maximum Gasteiger partial charge on any atom is 0.243 e. The highest BCUT2D eigenvalue weighted by Crippen LogP contribution is 2.34. The van der Waals surface area contributed by atoms with Crippen LogP contribution in [0.4, 0.5) is 0 Å². The molecule has 9 heteroatoms. The van der Waals surface area contributed by atoms with Crippen LogP contribution in [-0.4, -0.2) is 50.2 Å². The first-order chi connectivity index (χ1) is 15.8. The van der Waals surface area contributed by atoms with Crippen molar-refractivity contribution in [2.45, 2.75) is 43.4 Å². The highest BCUT2D eigenvalue weighted by atomic mass is 32.2. The average Bonchev–Trinajstić information content (AvgIpc) is 3.34. The van der Waals surface area contributed by atoms with Crippen LogP contribution in [0.1, 0.15) is 50.0 Å². The Labute approximate surface area is 194 Å². The quantitative estimate of drug-likeness (QED) is 0.502. The Morgan fingerprint density at radius 3 is 2.45 bits per heavy atom. The van der Waals surface area contributed by atoms with Crippen molar-refractivity contribution < 1.29 is 22.4 Å². The number of aromatic nitrogens is 2. The predicted octanol–water partition coefficient (Wildman–Crippen LogP) is 4.45. The fourth-order valence-corrected chi connectivity index (χ4v) is 5.55. The summed E-state index contributed by atoms with van der Waals surface area (Å²) in [5.41, 5.74) is 1.84. The maximum absolute atomic E-state index is 13.2. The number of piperidine rings is 1. The van der Waals surface area contributed by atoms with E-state index in [4.69, 9.17) is 14.0 Å². The predicted molar refractivity (Wildman–Crippen MR) is 124 cm³/mol. The molecule has 0 amide bonds. The van der Waals surface area contributed by atoms with Crippen LogP contribution in [-0.2, 0) is 10.0 Å². The van der Waals surface area contributed by atoms with E-state index >= 15 is 0 Å². The largest absolute Gasteiger partial charge is 0.493 e. The molecular weight excluding hydrogens is 442 g/mol. The molecule has 0 bridgehead atoms. The van der Waals surface area contributed by atoms with Crippen LogP contribution < -0.4 is 9.47 Å². The zero-order chi connectivity index (χ0) is 23.6. The summed E-state index contributed by atoms with van der Waals surface area (Å²) >= 11 is 0. The van der Waals surface area contributed by atoms with E-state index in [0.717, 1.165) is 24.0 Å². The Hall–Kier alpha value is -2.91. The number of hydrogen-bond donors (Lipinski definition) is 0. The van der Waals surface area contributed by atoms with Gasteiger partial charge in [-0.15, -0.1) is 0 Å². The molecule has 0 radical (unpaired) electrons. The third kappa shape index (κ3) is 4.74. The van der Waals surface area contributed by atoms with Gasteiger partial charge in [-0.2, -0.15) is 9.29 Å². The summed E-state index contributed by atoms with van der Waals surface area (Å²) in [4.78, 5) is 4.87. The topological polar surface area (TPSA) is 94.8 Å². The molecule has 0 aliphatic carbocycles. The summed E-state index contributed by atoms with van der Waals surface area (Å²) in [6, 6.07) is 12.5. The van der Waals surface area contributed by atoms with Gasteiger partial charge in [0.25, 0.3) is 0 Å². The van der Waals surface area contributed by atoms with Crippen LogP contribution in [0.2, 0.25) is 0 Å². The van der Waals surface area contributed by atoms with Crippen LogP contribution in [0.3, 0.4) is 0 Å². The summed E-state index contributed by atoms with van der Waals surface area (Å²) in [6.45, 7) is 4.95. The molecule has 1 aliphatic heterocycles. The van der Waals surface area contributed by atoms with E-state index in [-0.39, 0.29) is 5.92 Å². The van der Waals surface area contributed by atoms with Crippen molar-refractivity contribution >= 4 is 10.0 Å². The zero-order valence-corrected chi connectivity index (χ0v) is 20.1. The first-order valence-electron chi connectivity index (χ1n) is 11.0. The summed E-state index contributed by atoms with van der Waals surface area (Å²) in [5.74, 6) is 2.23. The lowest BCUT2D eigenvalue weighted by Gasteiger charge is -2.30. The third-order valence-corrected chi connectivity index (χ3v) is 7.88. The lowest BCUT2D eigenvalue weighted by atomic mass is 10.00. The molecule has 1 saturated heterocycles. The summed E-state index contributed by atoms with van der Waals surface area (Å²) in [6.07, 6.45) is 1.51. The number of benzene rings is 2. The molecule has 1 unspecified atom stereocenters. The van der Waals surface area contributed by atoms with Crippen LogP contribution in [0, 0.1) is 0 Å². The molecule has 1 atom stereocenters. The van der Waals surface area contributed by atoms with Gasteiger partial charge in [0.05, 0.1) is 25.0 Å². The van der Waals surface area contributed by atoms with E-state index in [1.54, 1.807) is 38.5 Å². The van der Waals surface area contributed by atoms with E-state index in [1.807, 2.05) is 18.2 Å². The Morgan fingerprint density at radius 1 is 1.06 bits per heavy atom. The minimum Gasteiger partial charge on any atom is -0.493 e. The number of nitrogens with zero attached hydrogens (tertiary/aromatic N) is 3. The molecular formula is C24H29N3O5S. The Bertz CT molecular complexity index is 1210. The molecule has 4 rings (SSSR count). The van der Waals surface area contributed by atoms with Crippen LogP contribution in [0.15, 0.2) is 51.9 Å².